The second-order valence-corrected chi connectivity index (χ2v) is 8.23. The molecule has 0 saturated carbocycles. The monoisotopic (exact) mass is 422 g/mol. The van der Waals surface area contributed by atoms with E-state index in [0.29, 0.717) is 0 Å². The standard InChI is InChI=1S/C29H18N4/c1-2-8-25-24(7-1)28-29(33-15-4-3-9-26(33)32-28)27(31-25)22-13-12-19-16-21(11-10-20(19)17-22)23-6-5-14-30-18-23/h1-18H. The van der Waals surface area contributed by atoms with E-state index in [1.165, 1.54) is 10.8 Å². The summed E-state index contributed by atoms with van der Waals surface area (Å²) < 4.78 is 2.14. The second-order valence-electron chi connectivity index (χ2n) is 8.23. The minimum atomic E-state index is 0.925. The molecule has 0 radical (unpaired) electrons. The molecule has 0 spiro atoms. The molecule has 4 aromatic heterocycles. The summed E-state index contributed by atoms with van der Waals surface area (Å²) in [6, 6.07) is 31.5. The van der Waals surface area contributed by atoms with Crippen LogP contribution in [0.25, 0.3) is 60.7 Å². The van der Waals surface area contributed by atoms with E-state index in [-0.39, 0.29) is 0 Å². The van der Waals surface area contributed by atoms with E-state index < -0.39 is 0 Å². The lowest BCUT2D eigenvalue weighted by Crippen LogP contribution is -1.92. The molecule has 0 aliphatic heterocycles. The molecule has 0 atom stereocenters. The molecule has 0 aliphatic carbocycles. The van der Waals surface area contributed by atoms with E-state index in [1.807, 2.05) is 42.6 Å². The van der Waals surface area contributed by atoms with Gasteiger partial charge >= 0.3 is 0 Å². The van der Waals surface area contributed by atoms with Crippen molar-refractivity contribution in [3.8, 4) is 22.4 Å². The van der Waals surface area contributed by atoms with Crippen molar-refractivity contribution in [2.45, 2.75) is 0 Å². The van der Waals surface area contributed by atoms with Gasteiger partial charge < -0.3 is 0 Å². The zero-order chi connectivity index (χ0) is 21.8. The third-order valence-corrected chi connectivity index (χ3v) is 6.25. The summed E-state index contributed by atoms with van der Waals surface area (Å²) in [4.78, 5) is 14.3. The van der Waals surface area contributed by atoms with E-state index in [0.717, 1.165) is 50.0 Å². The van der Waals surface area contributed by atoms with Crippen molar-refractivity contribution in [2.75, 3.05) is 0 Å². The van der Waals surface area contributed by atoms with Gasteiger partial charge in [-0.25, -0.2) is 9.97 Å². The third kappa shape index (κ3) is 2.81. The molecule has 0 fully saturated rings. The predicted octanol–water partition coefficient (Wildman–Crippen LogP) is 6.92. The van der Waals surface area contributed by atoms with Gasteiger partial charge in [0.15, 0.2) is 0 Å². The van der Waals surface area contributed by atoms with Gasteiger partial charge in [0.2, 0.25) is 0 Å². The van der Waals surface area contributed by atoms with Crippen LogP contribution in [0.3, 0.4) is 0 Å². The maximum atomic E-state index is 5.10. The number of pyridine rings is 3. The fraction of sp³-hybridized carbons (Fsp3) is 0. The van der Waals surface area contributed by atoms with Gasteiger partial charge in [0.1, 0.15) is 11.2 Å². The maximum Gasteiger partial charge on any atom is 0.137 e. The SMILES string of the molecule is c1cncc(-c2ccc3cc(-c4nc5ccccc5c5nc6ccccn6c45)ccc3c2)c1. The topological polar surface area (TPSA) is 43.1 Å². The smallest absolute Gasteiger partial charge is 0.137 e. The van der Waals surface area contributed by atoms with Gasteiger partial charge in [0, 0.05) is 35.1 Å². The van der Waals surface area contributed by atoms with Gasteiger partial charge in [0.25, 0.3) is 0 Å². The second kappa shape index (κ2) is 6.97. The Labute approximate surface area is 189 Å². The van der Waals surface area contributed by atoms with Gasteiger partial charge in [-0.2, -0.15) is 0 Å². The molecule has 4 nitrogen and oxygen atoms in total. The van der Waals surface area contributed by atoms with Gasteiger partial charge in [-0.15, -0.1) is 0 Å². The number of nitrogens with zero attached hydrogens (tertiary/aromatic N) is 4. The van der Waals surface area contributed by atoms with Crippen LogP contribution in [0.5, 0.6) is 0 Å². The summed E-state index contributed by atoms with van der Waals surface area (Å²) in [5.41, 5.74) is 8.20. The van der Waals surface area contributed by atoms with Crippen molar-refractivity contribution in [3.63, 3.8) is 0 Å². The lowest BCUT2D eigenvalue weighted by molar-refractivity contribution is 1.22. The van der Waals surface area contributed by atoms with Crippen molar-refractivity contribution in [1.29, 1.82) is 0 Å². The molecule has 0 bridgehead atoms. The average Bonchev–Trinajstić information content (AvgIpc) is 3.28. The molecule has 3 aromatic carbocycles. The van der Waals surface area contributed by atoms with Crippen molar-refractivity contribution in [2.24, 2.45) is 0 Å². The number of para-hydroxylation sites is 1. The molecular formula is C29H18N4. The molecule has 0 unspecified atom stereocenters. The fourth-order valence-corrected chi connectivity index (χ4v) is 4.66. The molecular weight excluding hydrogens is 404 g/mol. The highest BCUT2D eigenvalue weighted by Gasteiger charge is 2.16. The minimum absolute atomic E-state index is 0.925. The number of benzene rings is 3. The number of aromatic nitrogens is 4. The van der Waals surface area contributed by atoms with Gasteiger partial charge in [-0.1, -0.05) is 54.6 Å². The molecule has 4 heterocycles. The van der Waals surface area contributed by atoms with Gasteiger partial charge in [-0.05, 0) is 52.7 Å². The first-order chi connectivity index (χ1) is 16.3. The molecule has 4 heteroatoms. The Balaban J connectivity index is 1.49. The zero-order valence-corrected chi connectivity index (χ0v) is 17.7. The molecule has 7 rings (SSSR count). The molecule has 0 amide bonds. The van der Waals surface area contributed by atoms with Crippen LogP contribution in [0.1, 0.15) is 0 Å². The average molecular weight is 422 g/mol. The molecule has 154 valence electrons. The first kappa shape index (κ1) is 18.0. The minimum Gasteiger partial charge on any atom is -0.298 e. The van der Waals surface area contributed by atoms with Crippen molar-refractivity contribution < 1.29 is 0 Å². The van der Waals surface area contributed by atoms with Crippen LogP contribution < -0.4 is 0 Å². The van der Waals surface area contributed by atoms with Crippen LogP contribution in [0.2, 0.25) is 0 Å². The van der Waals surface area contributed by atoms with E-state index in [2.05, 4.69) is 70.2 Å². The quantitative estimate of drug-likeness (QED) is 0.304. The molecule has 33 heavy (non-hydrogen) atoms. The van der Waals surface area contributed by atoms with Crippen molar-refractivity contribution in [1.82, 2.24) is 19.4 Å². The number of rotatable bonds is 2. The number of hydrogen-bond acceptors (Lipinski definition) is 3. The van der Waals surface area contributed by atoms with E-state index in [9.17, 15) is 0 Å². The van der Waals surface area contributed by atoms with Crippen molar-refractivity contribution >= 4 is 38.4 Å². The summed E-state index contributed by atoms with van der Waals surface area (Å²) >= 11 is 0. The highest BCUT2D eigenvalue weighted by Crippen LogP contribution is 2.34. The summed E-state index contributed by atoms with van der Waals surface area (Å²) in [7, 11) is 0. The van der Waals surface area contributed by atoms with Gasteiger partial charge in [-0.3, -0.25) is 9.38 Å². The Morgan fingerprint density at radius 1 is 0.636 bits per heavy atom. The fourth-order valence-electron chi connectivity index (χ4n) is 4.66. The summed E-state index contributed by atoms with van der Waals surface area (Å²) in [6.07, 6.45) is 5.76. The number of imidazole rings is 1. The van der Waals surface area contributed by atoms with E-state index in [4.69, 9.17) is 9.97 Å². The Morgan fingerprint density at radius 3 is 2.33 bits per heavy atom. The normalized spacial score (nSPS) is 11.6. The summed E-state index contributed by atoms with van der Waals surface area (Å²) in [5, 5.41) is 3.44. The van der Waals surface area contributed by atoms with E-state index in [1.54, 1.807) is 6.20 Å². The molecule has 7 aromatic rings. The Bertz CT molecular complexity index is 1820. The Morgan fingerprint density at radius 2 is 1.45 bits per heavy atom. The van der Waals surface area contributed by atoms with Crippen LogP contribution in [-0.4, -0.2) is 19.4 Å². The maximum absolute atomic E-state index is 5.10. The zero-order valence-electron chi connectivity index (χ0n) is 17.7. The summed E-state index contributed by atoms with van der Waals surface area (Å²) in [5.74, 6) is 0. The van der Waals surface area contributed by atoms with E-state index >= 15 is 0 Å². The van der Waals surface area contributed by atoms with Crippen LogP contribution in [0, 0.1) is 0 Å². The highest BCUT2D eigenvalue weighted by atomic mass is 15.0. The van der Waals surface area contributed by atoms with Crippen LogP contribution >= 0.6 is 0 Å². The summed E-state index contributed by atoms with van der Waals surface area (Å²) in [6.45, 7) is 0. The lowest BCUT2D eigenvalue weighted by atomic mass is 9.99. The highest BCUT2D eigenvalue weighted by molar-refractivity contribution is 6.09. The first-order valence-electron chi connectivity index (χ1n) is 11.0. The number of hydrogen-bond donors (Lipinski definition) is 0. The first-order valence-corrected chi connectivity index (χ1v) is 11.0. The molecule has 0 aliphatic rings. The third-order valence-electron chi connectivity index (χ3n) is 6.25. The predicted molar refractivity (Wildman–Crippen MR) is 134 cm³/mol. The molecule has 0 saturated heterocycles. The largest absolute Gasteiger partial charge is 0.298 e. The van der Waals surface area contributed by atoms with Crippen molar-refractivity contribution in [3.05, 3.63) is 110 Å². The lowest BCUT2D eigenvalue weighted by Gasteiger charge is -2.09. The van der Waals surface area contributed by atoms with Gasteiger partial charge in [0.05, 0.1) is 16.7 Å². The number of fused-ring (bicyclic) bond motifs is 6. The van der Waals surface area contributed by atoms with Crippen LogP contribution in [0.4, 0.5) is 0 Å². The Kier molecular flexibility index (Phi) is 3.81. The van der Waals surface area contributed by atoms with Crippen LogP contribution in [-0.2, 0) is 0 Å². The molecule has 0 N–H and O–H groups in total. The Hall–Kier alpha value is -4.57. The van der Waals surface area contributed by atoms with Crippen LogP contribution in [0.15, 0.2) is 110 Å².